The molecule has 1 aliphatic rings. The third-order valence-electron chi connectivity index (χ3n) is 4.18. The average molecular weight is 294 g/mol. The van der Waals surface area contributed by atoms with Gasteiger partial charge in [-0.1, -0.05) is 19.9 Å². The lowest BCUT2D eigenvalue weighted by Crippen LogP contribution is -2.47. The lowest BCUT2D eigenvalue weighted by atomic mass is 10.00. The maximum atomic E-state index is 12.6. The van der Waals surface area contributed by atoms with Crippen LogP contribution in [-0.2, 0) is 11.3 Å². The first kappa shape index (κ1) is 15.5. The van der Waals surface area contributed by atoms with E-state index >= 15 is 0 Å². The summed E-state index contributed by atoms with van der Waals surface area (Å²) in [4.78, 5) is 18.3. The van der Waals surface area contributed by atoms with E-state index in [0.717, 1.165) is 26.1 Å². The van der Waals surface area contributed by atoms with Gasteiger partial charge in [-0.25, -0.2) is 0 Å². The fraction of sp³-hybridized carbons (Fsp3) is 0.688. The first-order valence-corrected chi connectivity index (χ1v) is 8.66. The molecule has 3 nitrogen and oxygen atoms in total. The molecule has 0 spiro atoms. The minimum Gasteiger partial charge on any atom is -0.339 e. The SMILES string of the molecule is CCC1CCCCN1C(=O)CN(CC)Cc1cccs1. The van der Waals surface area contributed by atoms with Crippen LogP contribution in [0.15, 0.2) is 17.5 Å². The van der Waals surface area contributed by atoms with Crippen molar-refractivity contribution in [1.29, 1.82) is 0 Å². The average Bonchev–Trinajstić information content (AvgIpc) is 2.99. The Kier molecular flexibility index (Phi) is 6.05. The maximum Gasteiger partial charge on any atom is 0.237 e. The molecule has 112 valence electrons. The summed E-state index contributed by atoms with van der Waals surface area (Å²) >= 11 is 1.77. The Balaban J connectivity index is 1.90. The third-order valence-corrected chi connectivity index (χ3v) is 5.05. The summed E-state index contributed by atoms with van der Waals surface area (Å²) in [6, 6.07) is 4.69. The van der Waals surface area contributed by atoms with Gasteiger partial charge in [0.2, 0.25) is 5.91 Å². The zero-order chi connectivity index (χ0) is 14.4. The van der Waals surface area contributed by atoms with E-state index in [2.05, 4.69) is 41.2 Å². The number of carbonyl (C=O) groups excluding carboxylic acids is 1. The predicted octanol–water partition coefficient (Wildman–Crippen LogP) is 3.36. The van der Waals surface area contributed by atoms with Gasteiger partial charge in [-0.15, -0.1) is 11.3 Å². The van der Waals surface area contributed by atoms with Crippen LogP contribution >= 0.6 is 11.3 Å². The lowest BCUT2D eigenvalue weighted by molar-refractivity contribution is -0.136. The quantitative estimate of drug-likeness (QED) is 0.803. The molecule has 4 heteroatoms. The Morgan fingerprint density at radius 1 is 1.45 bits per heavy atom. The van der Waals surface area contributed by atoms with Crippen molar-refractivity contribution in [1.82, 2.24) is 9.80 Å². The molecule has 1 saturated heterocycles. The number of carbonyl (C=O) groups is 1. The smallest absolute Gasteiger partial charge is 0.237 e. The molecular weight excluding hydrogens is 268 g/mol. The molecule has 20 heavy (non-hydrogen) atoms. The summed E-state index contributed by atoms with van der Waals surface area (Å²) in [5, 5.41) is 2.10. The van der Waals surface area contributed by atoms with Gasteiger partial charge in [-0.3, -0.25) is 9.69 Å². The number of nitrogens with zero attached hydrogens (tertiary/aromatic N) is 2. The zero-order valence-corrected chi connectivity index (χ0v) is 13.5. The molecule has 1 fully saturated rings. The second kappa shape index (κ2) is 7.79. The molecule has 0 aliphatic carbocycles. The lowest BCUT2D eigenvalue weighted by Gasteiger charge is -2.36. The van der Waals surface area contributed by atoms with Crippen LogP contribution < -0.4 is 0 Å². The number of likely N-dealkylation sites (tertiary alicyclic amines) is 1. The summed E-state index contributed by atoms with van der Waals surface area (Å²) in [5.74, 6) is 0.315. The Labute approximate surface area is 126 Å². The second-order valence-electron chi connectivity index (χ2n) is 5.53. The molecule has 1 aromatic rings. The minimum atomic E-state index is 0.315. The molecule has 2 heterocycles. The minimum absolute atomic E-state index is 0.315. The van der Waals surface area contributed by atoms with E-state index in [1.165, 1.54) is 24.1 Å². The molecule has 2 rings (SSSR count). The number of piperidine rings is 1. The number of amides is 1. The van der Waals surface area contributed by atoms with Crippen molar-refractivity contribution >= 4 is 17.2 Å². The molecule has 0 bridgehead atoms. The van der Waals surface area contributed by atoms with Gasteiger partial charge in [0.25, 0.3) is 0 Å². The van der Waals surface area contributed by atoms with Crippen molar-refractivity contribution < 1.29 is 4.79 Å². The van der Waals surface area contributed by atoms with E-state index in [0.29, 0.717) is 18.5 Å². The van der Waals surface area contributed by atoms with Gasteiger partial charge in [0.05, 0.1) is 6.54 Å². The van der Waals surface area contributed by atoms with Gasteiger partial charge in [-0.2, -0.15) is 0 Å². The van der Waals surface area contributed by atoms with E-state index in [1.807, 2.05) is 0 Å². The van der Waals surface area contributed by atoms with Gasteiger partial charge in [0.15, 0.2) is 0 Å². The van der Waals surface area contributed by atoms with E-state index in [9.17, 15) is 4.79 Å². The number of rotatable bonds is 6. The Morgan fingerprint density at radius 2 is 2.30 bits per heavy atom. The molecular formula is C16H26N2OS. The predicted molar refractivity (Wildman–Crippen MR) is 84.9 cm³/mol. The van der Waals surface area contributed by atoms with Crippen LogP contribution in [0.25, 0.3) is 0 Å². The molecule has 1 aromatic heterocycles. The normalized spacial score (nSPS) is 19.6. The first-order valence-electron chi connectivity index (χ1n) is 7.78. The molecule has 0 aromatic carbocycles. The summed E-state index contributed by atoms with van der Waals surface area (Å²) in [6.45, 7) is 7.66. The van der Waals surface area contributed by atoms with E-state index in [4.69, 9.17) is 0 Å². The molecule has 1 atom stereocenters. The first-order chi connectivity index (χ1) is 9.74. The highest BCUT2D eigenvalue weighted by molar-refractivity contribution is 7.09. The van der Waals surface area contributed by atoms with E-state index in [1.54, 1.807) is 11.3 Å². The van der Waals surface area contributed by atoms with Crippen molar-refractivity contribution in [3.05, 3.63) is 22.4 Å². The van der Waals surface area contributed by atoms with Crippen LogP contribution in [0.5, 0.6) is 0 Å². The third kappa shape index (κ3) is 4.06. The van der Waals surface area contributed by atoms with Gasteiger partial charge in [-0.05, 0) is 43.7 Å². The summed E-state index contributed by atoms with van der Waals surface area (Å²) in [5.41, 5.74) is 0. The van der Waals surface area contributed by atoms with Gasteiger partial charge in [0.1, 0.15) is 0 Å². The van der Waals surface area contributed by atoms with Gasteiger partial charge < -0.3 is 4.90 Å². The highest BCUT2D eigenvalue weighted by atomic mass is 32.1. The molecule has 0 saturated carbocycles. The van der Waals surface area contributed by atoms with Crippen LogP contribution in [0.3, 0.4) is 0 Å². The molecule has 0 radical (unpaired) electrons. The van der Waals surface area contributed by atoms with Crippen LogP contribution in [-0.4, -0.2) is 41.4 Å². The van der Waals surface area contributed by atoms with Crippen molar-refractivity contribution in [2.45, 2.75) is 52.1 Å². The summed E-state index contributed by atoms with van der Waals surface area (Å²) < 4.78 is 0. The van der Waals surface area contributed by atoms with E-state index in [-0.39, 0.29) is 0 Å². The fourth-order valence-corrected chi connectivity index (χ4v) is 3.68. The second-order valence-corrected chi connectivity index (χ2v) is 6.56. The van der Waals surface area contributed by atoms with Crippen molar-refractivity contribution in [3.63, 3.8) is 0 Å². The largest absolute Gasteiger partial charge is 0.339 e. The van der Waals surface area contributed by atoms with Gasteiger partial charge >= 0.3 is 0 Å². The van der Waals surface area contributed by atoms with Crippen LogP contribution in [0.1, 0.15) is 44.4 Å². The zero-order valence-electron chi connectivity index (χ0n) is 12.7. The van der Waals surface area contributed by atoms with Crippen LogP contribution in [0.2, 0.25) is 0 Å². The molecule has 1 amide bonds. The Bertz CT molecular complexity index is 405. The van der Waals surface area contributed by atoms with E-state index < -0.39 is 0 Å². The van der Waals surface area contributed by atoms with Crippen molar-refractivity contribution in [3.8, 4) is 0 Å². The maximum absolute atomic E-state index is 12.6. The molecule has 1 unspecified atom stereocenters. The molecule has 0 N–H and O–H groups in total. The number of thiophene rings is 1. The highest BCUT2D eigenvalue weighted by Gasteiger charge is 2.26. The monoisotopic (exact) mass is 294 g/mol. The fourth-order valence-electron chi connectivity index (χ4n) is 2.94. The Morgan fingerprint density at radius 3 is 2.95 bits per heavy atom. The van der Waals surface area contributed by atoms with Crippen molar-refractivity contribution in [2.75, 3.05) is 19.6 Å². The molecule has 1 aliphatic heterocycles. The van der Waals surface area contributed by atoms with Crippen LogP contribution in [0.4, 0.5) is 0 Å². The number of hydrogen-bond acceptors (Lipinski definition) is 3. The van der Waals surface area contributed by atoms with Crippen molar-refractivity contribution in [2.24, 2.45) is 0 Å². The summed E-state index contributed by atoms with van der Waals surface area (Å²) in [7, 11) is 0. The standard InChI is InChI=1S/C16H26N2OS/c1-3-14-8-5-6-10-18(14)16(19)13-17(4-2)12-15-9-7-11-20-15/h7,9,11,14H,3-6,8,10,12-13H2,1-2H3. The number of hydrogen-bond donors (Lipinski definition) is 0. The number of likely N-dealkylation sites (N-methyl/N-ethyl adjacent to an activating group) is 1. The van der Waals surface area contributed by atoms with Crippen LogP contribution in [0, 0.1) is 0 Å². The highest BCUT2D eigenvalue weighted by Crippen LogP contribution is 2.20. The van der Waals surface area contributed by atoms with Gasteiger partial charge in [0, 0.05) is 24.0 Å². The topological polar surface area (TPSA) is 23.6 Å². The Hall–Kier alpha value is -0.870. The summed E-state index contributed by atoms with van der Waals surface area (Å²) in [6.07, 6.45) is 4.70.